The third-order valence-electron chi connectivity index (χ3n) is 4.20. The first-order valence-electron chi connectivity index (χ1n) is 6.10. The van der Waals surface area contributed by atoms with Gasteiger partial charge in [-0.25, -0.2) is 0 Å². The molecule has 0 spiro atoms. The summed E-state index contributed by atoms with van der Waals surface area (Å²) in [6.45, 7) is 5.84. The van der Waals surface area contributed by atoms with Crippen LogP contribution in [0.4, 0.5) is 0 Å². The third-order valence-corrected chi connectivity index (χ3v) is 4.20. The van der Waals surface area contributed by atoms with Crippen LogP contribution >= 0.6 is 0 Å². The molecule has 0 aromatic rings. The van der Waals surface area contributed by atoms with Gasteiger partial charge in [-0.15, -0.1) is 0 Å². The first kappa shape index (κ1) is 10.9. The van der Waals surface area contributed by atoms with Gasteiger partial charge in [0.05, 0.1) is 5.41 Å². The summed E-state index contributed by atoms with van der Waals surface area (Å²) in [6, 6.07) is 0.413. The van der Waals surface area contributed by atoms with E-state index in [1.54, 1.807) is 0 Å². The Balaban J connectivity index is 2.07. The predicted octanol–water partition coefficient (Wildman–Crippen LogP) is 1.37. The molecule has 86 valence electrons. The molecule has 2 N–H and O–H groups in total. The summed E-state index contributed by atoms with van der Waals surface area (Å²) < 4.78 is 0. The maximum atomic E-state index is 12.4. The highest BCUT2D eigenvalue weighted by Gasteiger charge is 2.47. The number of hydrogen-bond donors (Lipinski definition) is 1. The van der Waals surface area contributed by atoms with Crippen molar-refractivity contribution in [2.24, 2.45) is 17.1 Å². The second kappa shape index (κ2) is 3.78. The van der Waals surface area contributed by atoms with E-state index in [4.69, 9.17) is 5.73 Å². The molecule has 1 aliphatic heterocycles. The summed E-state index contributed by atoms with van der Waals surface area (Å²) in [6.07, 6.45) is 4.31. The number of carbonyl (C=O) groups is 1. The van der Waals surface area contributed by atoms with Crippen LogP contribution in [0.25, 0.3) is 0 Å². The number of nitrogens with two attached hydrogens (primary N) is 1. The lowest BCUT2D eigenvalue weighted by atomic mass is 9.67. The van der Waals surface area contributed by atoms with Crippen molar-refractivity contribution in [3.63, 3.8) is 0 Å². The maximum Gasteiger partial charge on any atom is 0.230 e. The zero-order valence-corrected chi connectivity index (χ0v) is 9.83. The Kier molecular flexibility index (Phi) is 2.75. The average molecular weight is 210 g/mol. The zero-order valence-electron chi connectivity index (χ0n) is 9.83. The molecular formula is C12H22N2O. The molecule has 3 heteroatoms. The van der Waals surface area contributed by atoms with Gasteiger partial charge in [0, 0.05) is 19.1 Å². The maximum absolute atomic E-state index is 12.4. The lowest BCUT2D eigenvalue weighted by molar-refractivity contribution is -0.147. The molecule has 1 heterocycles. The van der Waals surface area contributed by atoms with Crippen LogP contribution in [-0.4, -0.2) is 29.9 Å². The Morgan fingerprint density at radius 3 is 2.47 bits per heavy atom. The second-order valence-electron chi connectivity index (χ2n) is 5.49. The molecule has 0 aromatic carbocycles. The molecule has 2 fully saturated rings. The number of hydrogen-bond acceptors (Lipinski definition) is 2. The van der Waals surface area contributed by atoms with Gasteiger partial charge in [0.25, 0.3) is 0 Å². The van der Waals surface area contributed by atoms with Gasteiger partial charge in [0.1, 0.15) is 0 Å². The van der Waals surface area contributed by atoms with Crippen LogP contribution in [0.5, 0.6) is 0 Å². The van der Waals surface area contributed by atoms with Crippen LogP contribution in [0.15, 0.2) is 0 Å². The number of likely N-dealkylation sites (tertiary alicyclic amines) is 1. The van der Waals surface area contributed by atoms with Crippen molar-refractivity contribution in [2.45, 2.75) is 45.6 Å². The fraction of sp³-hybridized carbons (Fsp3) is 0.917. The lowest BCUT2D eigenvalue weighted by Crippen LogP contribution is -2.52. The first-order valence-corrected chi connectivity index (χ1v) is 6.10. The second-order valence-corrected chi connectivity index (χ2v) is 5.49. The van der Waals surface area contributed by atoms with Gasteiger partial charge >= 0.3 is 0 Å². The van der Waals surface area contributed by atoms with Crippen LogP contribution in [0, 0.1) is 11.3 Å². The van der Waals surface area contributed by atoms with Gasteiger partial charge in [-0.05, 0) is 32.1 Å². The van der Waals surface area contributed by atoms with E-state index in [0.717, 1.165) is 25.8 Å². The Morgan fingerprint density at radius 2 is 2.13 bits per heavy atom. The predicted molar refractivity (Wildman–Crippen MR) is 60.3 cm³/mol. The molecular weight excluding hydrogens is 188 g/mol. The molecule has 1 saturated heterocycles. The monoisotopic (exact) mass is 210 g/mol. The van der Waals surface area contributed by atoms with E-state index in [0.29, 0.717) is 24.4 Å². The molecule has 3 nitrogen and oxygen atoms in total. The highest BCUT2D eigenvalue weighted by Crippen LogP contribution is 2.43. The third kappa shape index (κ3) is 1.67. The highest BCUT2D eigenvalue weighted by atomic mass is 16.2. The molecule has 0 bridgehead atoms. The molecule has 1 amide bonds. The smallest absolute Gasteiger partial charge is 0.230 e. The van der Waals surface area contributed by atoms with Crippen LogP contribution in [0.2, 0.25) is 0 Å². The molecule has 2 rings (SSSR count). The van der Waals surface area contributed by atoms with Gasteiger partial charge in [0.15, 0.2) is 0 Å². The summed E-state index contributed by atoms with van der Waals surface area (Å²) in [7, 11) is 0. The minimum atomic E-state index is -0.182. The topological polar surface area (TPSA) is 46.3 Å². The minimum Gasteiger partial charge on any atom is -0.339 e. The number of carbonyl (C=O) groups excluding carboxylic acids is 1. The zero-order chi connectivity index (χ0) is 11.1. The van der Waals surface area contributed by atoms with E-state index in [-0.39, 0.29) is 5.41 Å². The molecule has 1 aliphatic carbocycles. The highest BCUT2D eigenvalue weighted by molar-refractivity contribution is 5.84. The van der Waals surface area contributed by atoms with E-state index < -0.39 is 0 Å². The summed E-state index contributed by atoms with van der Waals surface area (Å²) in [4.78, 5) is 14.4. The fourth-order valence-corrected chi connectivity index (χ4v) is 3.00. The molecule has 0 aromatic heterocycles. The van der Waals surface area contributed by atoms with Gasteiger partial charge in [-0.3, -0.25) is 4.79 Å². The SMILES string of the molecule is CC1CC(C)N(C(=O)C2(CN)CCC2)C1. The number of nitrogens with zero attached hydrogens (tertiary/aromatic N) is 1. The minimum absolute atomic E-state index is 0.182. The van der Waals surface area contributed by atoms with Crippen LogP contribution in [0.1, 0.15) is 39.5 Å². The number of amides is 1. The van der Waals surface area contributed by atoms with Crippen molar-refractivity contribution < 1.29 is 4.79 Å². The summed E-state index contributed by atoms with van der Waals surface area (Å²) in [5, 5.41) is 0. The van der Waals surface area contributed by atoms with Crippen LogP contribution in [0.3, 0.4) is 0 Å². The Labute approximate surface area is 92.0 Å². The fourth-order valence-electron chi connectivity index (χ4n) is 3.00. The Bertz CT molecular complexity index is 255. The van der Waals surface area contributed by atoms with Crippen molar-refractivity contribution in [3.05, 3.63) is 0 Å². The summed E-state index contributed by atoms with van der Waals surface area (Å²) in [5.41, 5.74) is 5.59. The van der Waals surface area contributed by atoms with Gasteiger partial charge in [-0.2, -0.15) is 0 Å². The quantitative estimate of drug-likeness (QED) is 0.748. The molecule has 15 heavy (non-hydrogen) atoms. The molecule has 2 atom stereocenters. The van der Waals surface area contributed by atoms with Gasteiger partial charge in [-0.1, -0.05) is 13.3 Å². The van der Waals surface area contributed by atoms with Crippen molar-refractivity contribution in [3.8, 4) is 0 Å². The van der Waals surface area contributed by atoms with Gasteiger partial charge < -0.3 is 10.6 Å². The van der Waals surface area contributed by atoms with Crippen molar-refractivity contribution >= 4 is 5.91 Å². The number of rotatable bonds is 2. The van der Waals surface area contributed by atoms with Crippen molar-refractivity contribution in [1.82, 2.24) is 4.90 Å². The van der Waals surface area contributed by atoms with Gasteiger partial charge in [0.2, 0.25) is 5.91 Å². The molecule has 2 aliphatic rings. The summed E-state index contributed by atoms with van der Waals surface area (Å²) >= 11 is 0. The van der Waals surface area contributed by atoms with E-state index in [1.165, 1.54) is 6.42 Å². The molecule has 1 saturated carbocycles. The Hall–Kier alpha value is -0.570. The van der Waals surface area contributed by atoms with E-state index in [9.17, 15) is 4.79 Å². The van der Waals surface area contributed by atoms with Crippen LogP contribution < -0.4 is 5.73 Å². The molecule has 0 radical (unpaired) electrons. The van der Waals surface area contributed by atoms with Crippen molar-refractivity contribution in [1.29, 1.82) is 0 Å². The van der Waals surface area contributed by atoms with Crippen molar-refractivity contribution in [2.75, 3.05) is 13.1 Å². The normalized spacial score (nSPS) is 33.9. The van der Waals surface area contributed by atoms with E-state index in [2.05, 4.69) is 18.7 Å². The Morgan fingerprint density at radius 1 is 1.47 bits per heavy atom. The standard InChI is InChI=1S/C12H22N2O/c1-9-6-10(2)14(7-9)11(15)12(8-13)4-3-5-12/h9-10H,3-8,13H2,1-2H3. The molecule has 2 unspecified atom stereocenters. The van der Waals surface area contributed by atoms with Crippen LogP contribution in [-0.2, 0) is 4.79 Å². The largest absolute Gasteiger partial charge is 0.339 e. The first-order chi connectivity index (χ1) is 7.09. The lowest BCUT2D eigenvalue weighted by Gasteiger charge is -2.42. The average Bonchev–Trinajstić information content (AvgIpc) is 2.44. The van der Waals surface area contributed by atoms with E-state index >= 15 is 0 Å². The van der Waals surface area contributed by atoms with E-state index in [1.807, 2.05) is 0 Å². The summed E-state index contributed by atoms with van der Waals surface area (Å²) in [5.74, 6) is 0.979.